The van der Waals surface area contributed by atoms with Crippen molar-refractivity contribution in [2.45, 2.75) is 19.4 Å². The van der Waals surface area contributed by atoms with E-state index in [4.69, 9.17) is 15.9 Å². The maximum atomic E-state index is 11.4. The average Bonchev–Trinajstić information content (AvgIpc) is 2.35. The van der Waals surface area contributed by atoms with Gasteiger partial charge in [-0.1, -0.05) is 18.1 Å². The van der Waals surface area contributed by atoms with Crippen molar-refractivity contribution in [3.05, 3.63) is 29.8 Å². The number of ketones is 1. The number of carbonyl (C=O) groups excluding carboxylic acids is 2. The van der Waals surface area contributed by atoms with E-state index in [-0.39, 0.29) is 12.2 Å². The first kappa shape index (κ1) is 13.8. The minimum Gasteiger partial charge on any atom is -0.497 e. The predicted octanol–water partition coefficient (Wildman–Crippen LogP) is 1.89. The van der Waals surface area contributed by atoms with Gasteiger partial charge in [0, 0.05) is 5.56 Å². The van der Waals surface area contributed by atoms with Gasteiger partial charge in [-0.05, 0) is 19.1 Å². The fraction of sp³-hybridized carbons (Fsp3) is 0.286. The highest BCUT2D eigenvalue weighted by Crippen LogP contribution is 2.21. The third-order valence-electron chi connectivity index (χ3n) is 2.19. The molecule has 0 radical (unpaired) electrons. The Morgan fingerprint density at radius 3 is 2.72 bits per heavy atom. The number of Topliss-reactive ketones (excluding diaryl/α,β-unsaturated/α-hetero) is 1. The first-order chi connectivity index (χ1) is 8.56. The maximum absolute atomic E-state index is 11.4. The van der Waals surface area contributed by atoms with Crippen molar-refractivity contribution < 1.29 is 19.1 Å². The molecule has 0 saturated heterocycles. The molecule has 18 heavy (non-hydrogen) atoms. The quantitative estimate of drug-likeness (QED) is 0.452. The van der Waals surface area contributed by atoms with E-state index in [9.17, 15) is 9.59 Å². The summed E-state index contributed by atoms with van der Waals surface area (Å²) in [6, 6.07) is 6.92. The van der Waals surface area contributed by atoms with Crippen molar-refractivity contribution >= 4 is 11.8 Å². The second-order valence-electron chi connectivity index (χ2n) is 3.69. The zero-order valence-electron chi connectivity index (χ0n) is 10.3. The van der Waals surface area contributed by atoms with E-state index in [1.54, 1.807) is 24.3 Å². The highest BCUT2D eigenvalue weighted by molar-refractivity contribution is 5.94. The Morgan fingerprint density at radius 2 is 2.17 bits per heavy atom. The van der Waals surface area contributed by atoms with Crippen LogP contribution < -0.4 is 4.74 Å². The topological polar surface area (TPSA) is 52.6 Å². The van der Waals surface area contributed by atoms with E-state index >= 15 is 0 Å². The second-order valence-corrected chi connectivity index (χ2v) is 3.69. The van der Waals surface area contributed by atoms with E-state index < -0.39 is 12.1 Å². The lowest BCUT2D eigenvalue weighted by Crippen LogP contribution is -2.12. The van der Waals surface area contributed by atoms with Crippen LogP contribution in [0, 0.1) is 12.3 Å². The van der Waals surface area contributed by atoms with E-state index in [0.717, 1.165) is 0 Å². The van der Waals surface area contributed by atoms with Gasteiger partial charge in [-0.15, -0.1) is 6.42 Å². The number of rotatable bonds is 5. The van der Waals surface area contributed by atoms with Crippen molar-refractivity contribution in [1.29, 1.82) is 0 Å². The standard InChI is InChI=1S/C14H14O4/c1-4-13(18-14(16)8-10(2)15)11-6-5-7-12(9-11)17-3/h1,5-7,9,13H,8H2,2-3H3. The van der Waals surface area contributed by atoms with E-state index in [1.807, 2.05) is 0 Å². The summed E-state index contributed by atoms with van der Waals surface area (Å²) in [5.41, 5.74) is 0.633. The summed E-state index contributed by atoms with van der Waals surface area (Å²) in [4.78, 5) is 22.2. The van der Waals surface area contributed by atoms with Crippen LogP contribution in [0.4, 0.5) is 0 Å². The SMILES string of the molecule is C#CC(OC(=O)CC(C)=O)c1cccc(OC)c1. The minimum atomic E-state index is -0.813. The molecule has 4 heteroatoms. The van der Waals surface area contributed by atoms with Crippen LogP contribution in [0.3, 0.4) is 0 Å². The van der Waals surface area contributed by atoms with E-state index in [2.05, 4.69) is 5.92 Å². The fourth-order valence-electron chi connectivity index (χ4n) is 1.38. The lowest BCUT2D eigenvalue weighted by molar-refractivity contribution is -0.148. The van der Waals surface area contributed by atoms with Crippen molar-refractivity contribution in [2.75, 3.05) is 7.11 Å². The molecular weight excluding hydrogens is 232 g/mol. The molecule has 0 aliphatic heterocycles. The number of hydrogen-bond donors (Lipinski definition) is 0. The molecule has 0 fully saturated rings. The second kappa shape index (κ2) is 6.45. The summed E-state index contributed by atoms with van der Waals surface area (Å²) in [7, 11) is 1.53. The monoisotopic (exact) mass is 246 g/mol. The van der Waals surface area contributed by atoms with Gasteiger partial charge < -0.3 is 9.47 Å². The minimum absolute atomic E-state index is 0.263. The third kappa shape index (κ3) is 3.95. The van der Waals surface area contributed by atoms with E-state index in [0.29, 0.717) is 11.3 Å². The zero-order valence-corrected chi connectivity index (χ0v) is 10.3. The van der Waals surface area contributed by atoms with Crippen LogP contribution in [0.5, 0.6) is 5.75 Å². The summed E-state index contributed by atoms with van der Waals surface area (Å²) in [5.74, 6) is 2.09. The molecule has 0 amide bonds. The molecule has 0 N–H and O–H groups in total. The van der Waals surface area contributed by atoms with Gasteiger partial charge in [0.1, 0.15) is 18.0 Å². The Bertz CT molecular complexity index is 485. The van der Waals surface area contributed by atoms with Gasteiger partial charge in [0.25, 0.3) is 0 Å². The maximum Gasteiger partial charge on any atom is 0.314 e. The molecule has 1 aromatic carbocycles. The zero-order chi connectivity index (χ0) is 13.5. The molecule has 1 atom stereocenters. The first-order valence-electron chi connectivity index (χ1n) is 5.35. The highest BCUT2D eigenvalue weighted by atomic mass is 16.5. The Balaban J connectivity index is 2.80. The van der Waals surface area contributed by atoms with Crippen LogP contribution in [0.1, 0.15) is 25.0 Å². The van der Waals surface area contributed by atoms with Crippen molar-refractivity contribution in [3.8, 4) is 18.1 Å². The molecule has 1 aromatic rings. The van der Waals surface area contributed by atoms with Gasteiger partial charge in [0.15, 0.2) is 6.10 Å². The summed E-state index contributed by atoms with van der Waals surface area (Å²) >= 11 is 0. The van der Waals surface area contributed by atoms with Crippen LogP contribution in [0.2, 0.25) is 0 Å². The van der Waals surface area contributed by atoms with Crippen molar-refractivity contribution in [2.24, 2.45) is 0 Å². The smallest absolute Gasteiger partial charge is 0.314 e. The average molecular weight is 246 g/mol. The number of carbonyl (C=O) groups is 2. The number of hydrogen-bond acceptors (Lipinski definition) is 4. The molecule has 0 bridgehead atoms. The van der Waals surface area contributed by atoms with Gasteiger partial charge in [-0.3, -0.25) is 9.59 Å². The van der Waals surface area contributed by atoms with Crippen molar-refractivity contribution in [1.82, 2.24) is 0 Å². The fourth-order valence-corrected chi connectivity index (χ4v) is 1.38. The molecule has 0 saturated carbocycles. The number of ether oxygens (including phenoxy) is 2. The molecule has 4 nitrogen and oxygen atoms in total. The number of terminal acetylenes is 1. The lowest BCUT2D eigenvalue weighted by atomic mass is 10.1. The molecule has 0 spiro atoms. The molecule has 0 heterocycles. The molecular formula is C14H14O4. The van der Waals surface area contributed by atoms with Gasteiger partial charge in [-0.2, -0.15) is 0 Å². The van der Waals surface area contributed by atoms with Gasteiger partial charge in [0.2, 0.25) is 0 Å². The Kier molecular flexibility index (Phi) is 4.94. The third-order valence-corrected chi connectivity index (χ3v) is 2.19. The van der Waals surface area contributed by atoms with Crippen LogP contribution in [0.25, 0.3) is 0 Å². The molecule has 0 aliphatic carbocycles. The predicted molar refractivity (Wildman–Crippen MR) is 66.0 cm³/mol. The lowest BCUT2D eigenvalue weighted by Gasteiger charge is -2.13. The molecule has 1 unspecified atom stereocenters. The largest absolute Gasteiger partial charge is 0.497 e. The number of methoxy groups -OCH3 is 1. The van der Waals surface area contributed by atoms with Crippen LogP contribution in [-0.2, 0) is 14.3 Å². The Hall–Kier alpha value is -2.28. The number of esters is 1. The van der Waals surface area contributed by atoms with Crippen LogP contribution >= 0.6 is 0 Å². The van der Waals surface area contributed by atoms with E-state index in [1.165, 1.54) is 14.0 Å². The molecule has 0 aromatic heterocycles. The van der Waals surface area contributed by atoms with Crippen LogP contribution in [-0.4, -0.2) is 18.9 Å². The highest BCUT2D eigenvalue weighted by Gasteiger charge is 2.15. The normalized spacial score (nSPS) is 11.2. The summed E-state index contributed by atoms with van der Waals surface area (Å²) < 4.78 is 10.1. The molecule has 1 rings (SSSR count). The van der Waals surface area contributed by atoms with Gasteiger partial charge >= 0.3 is 5.97 Å². The first-order valence-corrected chi connectivity index (χ1v) is 5.35. The summed E-state index contributed by atoms with van der Waals surface area (Å²) in [6.07, 6.45) is 4.23. The Morgan fingerprint density at radius 1 is 1.44 bits per heavy atom. The molecule has 94 valence electrons. The number of benzene rings is 1. The van der Waals surface area contributed by atoms with Crippen LogP contribution in [0.15, 0.2) is 24.3 Å². The molecule has 0 aliphatic rings. The summed E-state index contributed by atoms with van der Waals surface area (Å²) in [6.45, 7) is 1.32. The van der Waals surface area contributed by atoms with Gasteiger partial charge in [-0.25, -0.2) is 0 Å². The van der Waals surface area contributed by atoms with Crippen molar-refractivity contribution in [3.63, 3.8) is 0 Å². The summed E-state index contributed by atoms with van der Waals surface area (Å²) in [5, 5.41) is 0. The van der Waals surface area contributed by atoms with Gasteiger partial charge in [0.05, 0.1) is 7.11 Å². The Labute approximate surface area is 106 Å².